The predicted octanol–water partition coefficient (Wildman–Crippen LogP) is 4.24. The van der Waals surface area contributed by atoms with E-state index >= 15 is 0 Å². The fourth-order valence-electron chi connectivity index (χ4n) is 1.45. The van der Waals surface area contributed by atoms with Crippen LogP contribution in [0, 0.1) is 13.8 Å². The summed E-state index contributed by atoms with van der Waals surface area (Å²) in [7, 11) is 0. The maximum absolute atomic E-state index is 6.04. The van der Waals surface area contributed by atoms with Crippen LogP contribution in [0.2, 0.25) is 5.02 Å². The molecule has 0 aliphatic heterocycles. The third-order valence-corrected chi connectivity index (χ3v) is 2.62. The molecule has 0 nitrogen and oxygen atoms in total. The second kappa shape index (κ2) is 3.80. The van der Waals surface area contributed by atoms with Gasteiger partial charge >= 0.3 is 0 Å². The number of benzene rings is 1. The molecule has 0 heterocycles. The van der Waals surface area contributed by atoms with Crippen molar-refractivity contribution in [3.63, 3.8) is 0 Å². The zero-order chi connectivity index (χ0) is 10.0. The molecule has 0 unspecified atom stereocenters. The highest BCUT2D eigenvalue weighted by Gasteiger charge is 2.06. The molecule has 0 amide bonds. The molecule has 1 aromatic carbocycles. The van der Waals surface area contributed by atoms with Gasteiger partial charge in [-0.25, -0.2) is 0 Å². The summed E-state index contributed by atoms with van der Waals surface area (Å²) in [6, 6.07) is 1.96. The number of aryl methyl sites for hydroxylation is 1. The minimum atomic E-state index is 0.790. The highest BCUT2D eigenvalue weighted by Crippen LogP contribution is 2.27. The summed E-state index contributed by atoms with van der Waals surface area (Å²) in [5, 5.41) is 0.790. The van der Waals surface area contributed by atoms with E-state index < -0.39 is 0 Å². The Labute approximate surface area is 84.5 Å². The topological polar surface area (TPSA) is 0 Å². The SMILES string of the molecule is C=Cc1c(C)cc(Cl)c(C)c1C=C. The fourth-order valence-corrected chi connectivity index (χ4v) is 1.72. The minimum Gasteiger partial charge on any atom is -0.0984 e. The second-order valence-electron chi connectivity index (χ2n) is 3.04. The smallest absolute Gasteiger partial charge is 0.0444 e. The lowest BCUT2D eigenvalue weighted by Gasteiger charge is -2.10. The van der Waals surface area contributed by atoms with Gasteiger partial charge in [-0.05, 0) is 42.2 Å². The molecule has 0 spiro atoms. The van der Waals surface area contributed by atoms with Crippen LogP contribution in [0.1, 0.15) is 22.3 Å². The Morgan fingerprint density at radius 2 is 1.69 bits per heavy atom. The molecule has 1 heteroatoms. The Balaban J connectivity index is 3.59. The first kappa shape index (κ1) is 10.1. The Hall–Kier alpha value is -1.01. The molecule has 0 bridgehead atoms. The third kappa shape index (κ3) is 1.68. The number of hydrogen-bond acceptors (Lipinski definition) is 0. The van der Waals surface area contributed by atoms with Gasteiger partial charge in [0.25, 0.3) is 0 Å². The van der Waals surface area contributed by atoms with Gasteiger partial charge in [-0.2, -0.15) is 0 Å². The van der Waals surface area contributed by atoms with Crippen molar-refractivity contribution in [2.45, 2.75) is 13.8 Å². The molecule has 0 N–H and O–H groups in total. The van der Waals surface area contributed by atoms with E-state index in [9.17, 15) is 0 Å². The quantitative estimate of drug-likeness (QED) is 0.658. The van der Waals surface area contributed by atoms with Crippen LogP contribution in [-0.2, 0) is 0 Å². The van der Waals surface area contributed by atoms with Crippen LogP contribution in [0.4, 0.5) is 0 Å². The van der Waals surface area contributed by atoms with Gasteiger partial charge in [-0.15, -0.1) is 0 Å². The highest BCUT2D eigenvalue weighted by molar-refractivity contribution is 6.31. The first-order valence-electron chi connectivity index (χ1n) is 4.16. The molecule has 68 valence electrons. The van der Waals surface area contributed by atoms with E-state index in [4.69, 9.17) is 11.6 Å². The molecule has 1 aromatic rings. The average molecular weight is 193 g/mol. The van der Waals surface area contributed by atoms with E-state index in [0.29, 0.717) is 0 Å². The van der Waals surface area contributed by atoms with Crippen LogP contribution in [-0.4, -0.2) is 0 Å². The van der Waals surface area contributed by atoms with Gasteiger partial charge in [0.15, 0.2) is 0 Å². The van der Waals surface area contributed by atoms with Crippen molar-refractivity contribution in [2.75, 3.05) is 0 Å². The van der Waals surface area contributed by atoms with Gasteiger partial charge < -0.3 is 0 Å². The van der Waals surface area contributed by atoms with Crippen LogP contribution in [0.15, 0.2) is 19.2 Å². The second-order valence-corrected chi connectivity index (χ2v) is 3.44. The molecule has 0 aliphatic carbocycles. The van der Waals surface area contributed by atoms with Gasteiger partial charge in [0.1, 0.15) is 0 Å². The molecule has 0 aliphatic rings. The first-order valence-corrected chi connectivity index (χ1v) is 4.54. The van der Waals surface area contributed by atoms with Crippen LogP contribution < -0.4 is 0 Å². The Bertz CT molecular complexity index is 362. The maximum Gasteiger partial charge on any atom is 0.0444 e. The Morgan fingerprint density at radius 1 is 1.15 bits per heavy atom. The Kier molecular flexibility index (Phi) is 2.94. The highest BCUT2D eigenvalue weighted by atomic mass is 35.5. The molecule has 0 saturated heterocycles. The standard InChI is InChI=1S/C12H13Cl/c1-5-10-8(3)7-12(13)9(4)11(10)6-2/h5-7H,1-2H2,3-4H3. The van der Waals surface area contributed by atoms with Gasteiger partial charge in [0.2, 0.25) is 0 Å². The molecule has 0 aromatic heterocycles. The van der Waals surface area contributed by atoms with Crippen LogP contribution in [0.25, 0.3) is 12.2 Å². The van der Waals surface area contributed by atoms with E-state index in [-0.39, 0.29) is 0 Å². The largest absolute Gasteiger partial charge is 0.0984 e. The molecule has 0 radical (unpaired) electrons. The van der Waals surface area contributed by atoms with Crippen molar-refractivity contribution in [3.05, 3.63) is 46.5 Å². The van der Waals surface area contributed by atoms with Crippen molar-refractivity contribution in [2.24, 2.45) is 0 Å². The molecular weight excluding hydrogens is 180 g/mol. The predicted molar refractivity (Wildman–Crippen MR) is 61.1 cm³/mol. The average Bonchev–Trinajstić information content (AvgIpc) is 2.10. The van der Waals surface area contributed by atoms with Crippen molar-refractivity contribution in [1.82, 2.24) is 0 Å². The van der Waals surface area contributed by atoms with Crippen molar-refractivity contribution < 1.29 is 0 Å². The lowest BCUT2D eigenvalue weighted by Crippen LogP contribution is -1.91. The van der Waals surface area contributed by atoms with Gasteiger partial charge in [-0.3, -0.25) is 0 Å². The first-order chi connectivity index (χ1) is 6.11. The van der Waals surface area contributed by atoms with Crippen LogP contribution >= 0.6 is 11.6 Å². The molecule has 0 saturated carbocycles. The summed E-state index contributed by atoms with van der Waals surface area (Å²) in [4.78, 5) is 0. The van der Waals surface area contributed by atoms with Crippen LogP contribution in [0.3, 0.4) is 0 Å². The van der Waals surface area contributed by atoms with Crippen LogP contribution in [0.5, 0.6) is 0 Å². The van der Waals surface area contributed by atoms with E-state index in [2.05, 4.69) is 13.2 Å². The zero-order valence-electron chi connectivity index (χ0n) is 8.02. The normalized spacial score (nSPS) is 9.77. The van der Waals surface area contributed by atoms with Crippen molar-refractivity contribution >= 4 is 23.8 Å². The lowest BCUT2D eigenvalue weighted by atomic mass is 9.97. The monoisotopic (exact) mass is 192 g/mol. The summed E-state index contributed by atoms with van der Waals surface area (Å²) in [5.41, 5.74) is 4.41. The summed E-state index contributed by atoms with van der Waals surface area (Å²) in [6.07, 6.45) is 3.67. The summed E-state index contributed by atoms with van der Waals surface area (Å²) < 4.78 is 0. The van der Waals surface area contributed by atoms with E-state index in [0.717, 1.165) is 27.3 Å². The van der Waals surface area contributed by atoms with Gasteiger partial charge in [0, 0.05) is 5.02 Å². The molecule has 1 rings (SSSR count). The molecular formula is C12H13Cl. The van der Waals surface area contributed by atoms with Crippen molar-refractivity contribution in [1.29, 1.82) is 0 Å². The molecule has 0 fully saturated rings. The van der Waals surface area contributed by atoms with Gasteiger partial charge in [-0.1, -0.05) is 36.9 Å². The van der Waals surface area contributed by atoms with E-state index in [1.807, 2.05) is 32.1 Å². The maximum atomic E-state index is 6.04. The lowest BCUT2D eigenvalue weighted by molar-refractivity contribution is 1.36. The fraction of sp³-hybridized carbons (Fsp3) is 0.167. The molecule has 0 atom stereocenters. The Morgan fingerprint density at radius 3 is 2.15 bits per heavy atom. The summed E-state index contributed by atoms with van der Waals surface area (Å²) in [6.45, 7) is 11.6. The third-order valence-electron chi connectivity index (χ3n) is 2.23. The zero-order valence-corrected chi connectivity index (χ0v) is 8.78. The minimum absolute atomic E-state index is 0.790. The number of rotatable bonds is 2. The molecule has 13 heavy (non-hydrogen) atoms. The van der Waals surface area contributed by atoms with E-state index in [1.165, 1.54) is 0 Å². The summed E-state index contributed by atoms with van der Waals surface area (Å²) in [5.74, 6) is 0. The van der Waals surface area contributed by atoms with Gasteiger partial charge in [0.05, 0.1) is 0 Å². The number of hydrogen-bond donors (Lipinski definition) is 0. The number of halogens is 1. The van der Waals surface area contributed by atoms with E-state index in [1.54, 1.807) is 0 Å². The van der Waals surface area contributed by atoms with Crippen molar-refractivity contribution in [3.8, 4) is 0 Å². The summed E-state index contributed by atoms with van der Waals surface area (Å²) >= 11 is 6.04.